The first-order valence-electron chi connectivity index (χ1n) is 10.5. The lowest BCUT2D eigenvalue weighted by molar-refractivity contribution is -0.137. The highest BCUT2D eigenvalue weighted by molar-refractivity contribution is 5.91. The number of likely N-dealkylation sites (tertiary alicyclic amines) is 2. The maximum atomic E-state index is 13.1. The minimum Gasteiger partial charge on any atom is -0.322 e. The van der Waals surface area contributed by atoms with E-state index in [-0.39, 0.29) is 23.8 Å². The van der Waals surface area contributed by atoms with Crippen LogP contribution in [0.3, 0.4) is 0 Å². The number of aryl methyl sites for hydroxylation is 1. The van der Waals surface area contributed by atoms with E-state index in [1.165, 1.54) is 34.8 Å². The van der Waals surface area contributed by atoms with E-state index in [4.69, 9.17) is 0 Å². The predicted molar refractivity (Wildman–Crippen MR) is 112 cm³/mol. The summed E-state index contributed by atoms with van der Waals surface area (Å²) in [5.74, 6) is 0.408. The van der Waals surface area contributed by atoms with Crippen molar-refractivity contribution in [2.45, 2.75) is 26.6 Å². The van der Waals surface area contributed by atoms with Gasteiger partial charge in [0, 0.05) is 46.7 Å². The Balaban J connectivity index is 1.36. The van der Waals surface area contributed by atoms with Crippen molar-refractivity contribution in [2.24, 2.45) is 11.8 Å². The number of benzene rings is 1. The molecule has 2 amide bonds. The van der Waals surface area contributed by atoms with Crippen LogP contribution in [0.15, 0.2) is 30.6 Å². The third kappa shape index (κ3) is 4.50. The maximum Gasteiger partial charge on any atom is 0.416 e. The fourth-order valence-electron chi connectivity index (χ4n) is 4.67. The summed E-state index contributed by atoms with van der Waals surface area (Å²) in [6.45, 7) is 6.22. The molecule has 10 heteroatoms. The molecule has 0 bridgehead atoms. The molecule has 1 aromatic carbocycles. The lowest BCUT2D eigenvalue weighted by Gasteiger charge is -2.22. The molecule has 2 fully saturated rings. The summed E-state index contributed by atoms with van der Waals surface area (Å²) in [5.41, 5.74) is 1.19. The molecule has 2 aromatic rings. The van der Waals surface area contributed by atoms with E-state index >= 15 is 0 Å². The Hall–Kier alpha value is -2.88. The number of carbonyl (C=O) groups is 2. The second-order valence-electron chi connectivity index (χ2n) is 8.83. The highest BCUT2D eigenvalue weighted by Gasteiger charge is 2.42. The van der Waals surface area contributed by atoms with Crippen molar-refractivity contribution < 1.29 is 22.8 Å². The zero-order valence-electron chi connectivity index (χ0n) is 18.3. The van der Waals surface area contributed by atoms with Crippen molar-refractivity contribution in [3.8, 4) is 0 Å². The van der Waals surface area contributed by atoms with Gasteiger partial charge in [0.15, 0.2) is 0 Å². The molecule has 1 aromatic heterocycles. The first-order valence-corrected chi connectivity index (χ1v) is 10.5. The normalized spacial score (nSPS) is 21.1. The lowest BCUT2D eigenvalue weighted by atomic mass is 10.0. The first-order chi connectivity index (χ1) is 15.0. The summed E-state index contributed by atoms with van der Waals surface area (Å²) in [6.07, 6.45) is -1.33. The molecule has 0 radical (unpaired) electrons. The van der Waals surface area contributed by atoms with E-state index in [2.05, 4.69) is 10.00 Å². The summed E-state index contributed by atoms with van der Waals surface area (Å²) in [6, 6.07) is 3.96. The largest absolute Gasteiger partial charge is 0.416 e. The second kappa shape index (κ2) is 8.23. The van der Waals surface area contributed by atoms with Crippen LogP contribution in [0.2, 0.25) is 0 Å². The molecule has 4 rings (SSSR count). The number of amides is 2. The van der Waals surface area contributed by atoms with Crippen LogP contribution >= 0.6 is 0 Å². The molecule has 2 aliphatic heterocycles. The molecule has 172 valence electrons. The average Bonchev–Trinajstić information content (AvgIpc) is 3.40. The smallest absolute Gasteiger partial charge is 0.322 e. The van der Waals surface area contributed by atoms with Gasteiger partial charge in [-0.15, -0.1) is 0 Å². The highest BCUT2D eigenvalue weighted by atomic mass is 19.4. The minimum absolute atomic E-state index is 0.149. The van der Waals surface area contributed by atoms with Gasteiger partial charge in [-0.05, 0) is 36.5 Å². The molecule has 2 aliphatic rings. The SMILES string of the molecule is CC(=O)N(C)c1cnn(C(=O)N2CC3CN(Cc4cc(C)cc(C(F)(F)F)c4)CC3C2)c1. The van der Waals surface area contributed by atoms with Gasteiger partial charge in [-0.3, -0.25) is 9.69 Å². The number of hydrogen-bond acceptors (Lipinski definition) is 4. The molecule has 0 saturated carbocycles. The predicted octanol–water partition coefficient (Wildman–Crippen LogP) is 3.22. The molecule has 0 N–H and O–H groups in total. The Bertz CT molecular complexity index is 1020. The third-order valence-electron chi connectivity index (χ3n) is 6.33. The number of nitrogens with zero attached hydrogens (tertiary/aromatic N) is 5. The molecule has 0 aliphatic carbocycles. The number of alkyl halides is 3. The fraction of sp³-hybridized carbons (Fsp3) is 0.500. The molecule has 32 heavy (non-hydrogen) atoms. The van der Waals surface area contributed by atoms with Crippen molar-refractivity contribution in [3.05, 3.63) is 47.3 Å². The molecule has 2 saturated heterocycles. The average molecular weight is 449 g/mol. The topological polar surface area (TPSA) is 61.7 Å². The van der Waals surface area contributed by atoms with Crippen LogP contribution in [0.25, 0.3) is 0 Å². The second-order valence-corrected chi connectivity index (χ2v) is 8.83. The zero-order chi connectivity index (χ0) is 23.2. The highest BCUT2D eigenvalue weighted by Crippen LogP contribution is 2.34. The number of rotatable bonds is 3. The van der Waals surface area contributed by atoms with Crippen molar-refractivity contribution in [1.82, 2.24) is 19.6 Å². The maximum absolute atomic E-state index is 13.1. The van der Waals surface area contributed by atoms with Gasteiger partial charge in [-0.2, -0.15) is 23.0 Å². The van der Waals surface area contributed by atoms with Crippen LogP contribution in [-0.2, 0) is 17.5 Å². The number of halogens is 3. The van der Waals surface area contributed by atoms with Crippen LogP contribution in [0.1, 0.15) is 23.6 Å². The Labute approximate surface area is 184 Å². The zero-order valence-corrected chi connectivity index (χ0v) is 18.3. The van der Waals surface area contributed by atoms with Crippen LogP contribution in [0, 0.1) is 18.8 Å². The first kappa shape index (κ1) is 22.3. The number of aromatic nitrogens is 2. The molecule has 2 atom stereocenters. The number of fused-ring (bicyclic) bond motifs is 1. The Morgan fingerprint density at radius 3 is 2.38 bits per heavy atom. The molecule has 3 heterocycles. The van der Waals surface area contributed by atoms with Gasteiger partial charge >= 0.3 is 12.2 Å². The number of hydrogen-bond donors (Lipinski definition) is 0. The molecule has 2 unspecified atom stereocenters. The molecular formula is C22H26F3N5O2. The van der Waals surface area contributed by atoms with E-state index in [1.807, 2.05) is 0 Å². The van der Waals surface area contributed by atoms with E-state index in [0.29, 0.717) is 36.4 Å². The minimum atomic E-state index is -4.35. The summed E-state index contributed by atoms with van der Waals surface area (Å²) >= 11 is 0. The van der Waals surface area contributed by atoms with Crippen LogP contribution < -0.4 is 4.90 Å². The van der Waals surface area contributed by atoms with Gasteiger partial charge < -0.3 is 9.80 Å². The van der Waals surface area contributed by atoms with Crippen LogP contribution in [-0.4, -0.2) is 64.7 Å². The van der Waals surface area contributed by atoms with Crippen molar-refractivity contribution >= 4 is 17.6 Å². The number of carbonyl (C=O) groups excluding carboxylic acids is 2. The fourth-order valence-corrected chi connectivity index (χ4v) is 4.67. The number of anilines is 1. The molecular weight excluding hydrogens is 423 g/mol. The van der Waals surface area contributed by atoms with Crippen molar-refractivity contribution in [2.75, 3.05) is 38.1 Å². The van der Waals surface area contributed by atoms with Crippen LogP contribution in [0.4, 0.5) is 23.7 Å². The summed E-state index contributed by atoms with van der Waals surface area (Å²) in [7, 11) is 1.62. The van der Waals surface area contributed by atoms with Gasteiger partial charge in [0.25, 0.3) is 0 Å². The summed E-state index contributed by atoms with van der Waals surface area (Å²) in [4.78, 5) is 29.7. The lowest BCUT2D eigenvalue weighted by Crippen LogP contribution is -2.36. The third-order valence-corrected chi connectivity index (χ3v) is 6.33. The Morgan fingerprint density at radius 2 is 1.78 bits per heavy atom. The monoisotopic (exact) mass is 449 g/mol. The Morgan fingerprint density at radius 1 is 1.12 bits per heavy atom. The van der Waals surface area contributed by atoms with Gasteiger partial charge in [-0.1, -0.05) is 11.6 Å². The van der Waals surface area contributed by atoms with Gasteiger partial charge in [-0.25, -0.2) is 4.79 Å². The molecule has 0 spiro atoms. The standard InChI is InChI=1S/C22H26F3N5O2/c1-14-4-16(6-19(5-14)22(23,24)25)8-28-9-17-11-29(12-18(17)10-28)21(32)30-13-20(7-26-30)27(3)15(2)31/h4-7,13,17-18H,8-12H2,1-3H3. The van der Waals surface area contributed by atoms with E-state index in [1.54, 1.807) is 31.1 Å². The van der Waals surface area contributed by atoms with Gasteiger partial charge in [0.2, 0.25) is 5.91 Å². The van der Waals surface area contributed by atoms with E-state index in [9.17, 15) is 22.8 Å². The Kier molecular flexibility index (Phi) is 5.74. The van der Waals surface area contributed by atoms with Gasteiger partial charge in [0.1, 0.15) is 0 Å². The summed E-state index contributed by atoms with van der Waals surface area (Å²) < 4.78 is 40.6. The quantitative estimate of drug-likeness (QED) is 0.722. The van der Waals surface area contributed by atoms with Crippen molar-refractivity contribution in [1.29, 1.82) is 0 Å². The molecule has 7 nitrogen and oxygen atoms in total. The van der Waals surface area contributed by atoms with E-state index < -0.39 is 11.7 Å². The van der Waals surface area contributed by atoms with Crippen LogP contribution in [0.5, 0.6) is 0 Å². The van der Waals surface area contributed by atoms with Crippen molar-refractivity contribution in [3.63, 3.8) is 0 Å². The summed E-state index contributed by atoms with van der Waals surface area (Å²) in [5, 5.41) is 4.09. The van der Waals surface area contributed by atoms with Gasteiger partial charge in [0.05, 0.1) is 23.6 Å². The van der Waals surface area contributed by atoms with E-state index in [0.717, 1.165) is 13.1 Å².